The van der Waals surface area contributed by atoms with Crippen LogP contribution < -0.4 is 5.73 Å². The molecule has 0 aromatic carbocycles. The van der Waals surface area contributed by atoms with Crippen LogP contribution in [0.1, 0.15) is 35.4 Å². The predicted molar refractivity (Wildman–Crippen MR) is 67.7 cm³/mol. The summed E-state index contributed by atoms with van der Waals surface area (Å²) in [6.07, 6.45) is 3.93. The lowest BCUT2D eigenvalue weighted by molar-refractivity contribution is 0.0592. The van der Waals surface area contributed by atoms with Crippen LogP contribution >= 0.6 is 0 Å². The monoisotopic (exact) mass is 268 g/mol. The number of ether oxygens (including phenoxy) is 2. The standard InChI is InChI=1S/C12H20N4O3/c1-18-12(17)11-10(4-6-13)16(15-14-11)7-5-9-3-2-8-19-9/h9H,2-8,13H2,1H3. The van der Waals surface area contributed by atoms with Gasteiger partial charge in [-0.2, -0.15) is 0 Å². The Kier molecular flexibility index (Phi) is 4.86. The number of rotatable bonds is 6. The van der Waals surface area contributed by atoms with Gasteiger partial charge in [0.15, 0.2) is 5.69 Å². The largest absolute Gasteiger partial charge is 0.464 e. The summed E-state index contributed by atoms with van der Waals surface area (Å²) in [4.78, 5) is 11.6. The van der Waals surface area contributed by atoms with E-state index in [-0.39, 0.29) is 11.8 Å². The number of aryl methyl sites for hydroxylation is 1. The van der Waals surface area contributed by atoms with Crippen LogP contribution in [0.4, 0.5) is 0 Å². The van der Waals surface area contributed by atoms with Gasteiger partial charge in [-0.15, -0.1) is 5.10 Å². The molecule has 2 heterocycles. The first-order valence-electron chi connectivity index (χ1n) is 6.58. The molecule has 1 unspecified atom stereocenters. The molecule has 0 spiro atoms. The van der Waals surface area contributed by atoms with Gasteiger partial charge >= 0.3 is 5.97 Å². The summed E-state index contributed by atoms with van der Waals surface area (Å²) in [6, 6.07) is 0. The molecule has 7 heteroatoms. The van der Waals surface area contributed by atoms with E-state index in [0.717, 1.165) is 31.6 Å². The Morgan fingerprint density at radius 3 is 3.11 bits per heavy atom. The summed E-state index contributed by atoms with van der Waals surface area (Å²) in [5.74, 6) is -0.466. The second-order valence-electron chi connectivity index (χ2n) is 4.56. The molecule has 0 bridgehead atoms. The molecule has 2 N–H and O–H groups in total. The Morgan fingerprint density at radius 2 is 2.47 bits per heavy atom. The topological polar surface area (TPSA) is 92.3 Å². The molecule has 0 radical (unpaired) electrons. The first-order chi connectivity index (χ1) is 9.26. The Morgan fingerprint density at radius 1 is 1.63 bits per heavy atom. The van der Waals surface area contributed by atoms with Crippen molar-refractivity contribution in [2.45, 2.75) is 38.3 Å². The molecule has 1 aliphatic rings. The van der Waals surface area contributed by atoms with Gasteiger partial charge in [0.25, 0.3) is 0 Å². The number of methoxy groups -OCH3 is 1. The third-order valence-corrected chi connectivity index (χ3v) is 3.28. The highest BCUT2D eigenvalue weighted by Crippen LogP contribution is 2.17. The molecule has 2 rings (SSSR count). The number of nitrogens with two attached hydrogens (primary N) is 1. The molecule has 0 aliphatic carbocycles. The molecule has 1 saturated heterocycles. The van der Waals surface area contributed by atoms with Crippen LogP contribution in [-0.2, 0) is 22.4 Å². The van der Waals surface area contributed by atoms with Gasteiger partial charge in [0.2, 0.25) is 0 Å². The van der Waals surface area contributed by atoms with E-state index in [9.17, 15) is 4.79 Å². The third-order valence-electron chi connectivity index (χ3n) is 3.28. The molecule has 1 aliphatic heterocycles. The fourth-order valence-corrected chi connectivity index (χ4v) is 2.29. The van der Waals surface area contributed by atoms with Gasteiger partial charge in [-0.3, -0.25) is 0 Å². The molecule has 7 nitrogen and oxygen atoms in total. The number of nitrogens with zero attached hydrogens (tertiary/aromatic N) is 3. The van der Waals surface area contributed by atoms with Crippen LogP contribution in [0.25, 0.3) is 0 Å². The lowest BCUT2D eigenvalue weighted by Gasteiger charge is -2.10. The fourth-order valence-electron chi connectivity index (χ4n) is 2.29. The van der Waals surface area contributed by atoms with Gasteiger partial charge in [0.1, 0.15) is 0 Å². The van der Waals surface area contributed by atoms with Crippen molar-refractivity contribution < 1.29 is 14.3 Å². The van der Waals surface area contributed by atoms with E-state index in [1.54, 1.807) is 4.68 Å². The van der Waals surface area contributed by atoms with Gasteiger partial charge in [-0.1, -0.05) is 5.21 Å². The normalized spacial score (nSPS) is 18.7. The molecule has 1 fully saturated rings. The van der Waals surface area contributed by atoms with E-state index >= 15 is 0 Å². The lowest BCUT2D eigenvalue weighted by atomic mass is 10.2. The average Bonchev–Trinajstić information content (AvgIpc) is 3.05. The summed E-state index contributed by atoms with van der Waals surface area (Å²) >= 11 is 0. The fraction of sp³-hybridized carbons (Fsp3) is 0.750. The lowest BCUT2D eigenvalue weighted by Crippen LogP contribution is -2.16. The quantitative estimate of drug-likeness (QED) is 0.737. The van der Waals surface area contributed by atoms with E-state index in [1.165, 1.54) is 7.11 Å². The number of hydrogen-bond acceptors (Lipinski definition) is 6. The smallest absolute Gasteiger partial charge is 0.360 e. The number of hydrogen-bond donors (Lipinski definition) is 1. The van der Waals surface area contributed by atoms with Gasteiger partial charge < -0.3 is 15.2 Å². The molecule has 0 amide bonds. The molecule has 1 aromatic rings. The third kappa shape index (κ3) is 3.30. The molecule has 106 valence electrons. The van der Waals surface area contributed by atoms with E-state index in [1.807, 2.05) is 0 Å². The molecule has 1 aromatic heterocycles. The van der Waals surface area contributed by atoms with Crippen molar-refractivity contribution >= 4 is 5.97 Å². The maximum absolute atomic E-state index is 11.6. The minimum absolute atomic E-state index is 0.264. The number of carbonyl (C=O) groups is 1. The van der Waals surface area contributed by atoms with E-state index in [2.05, 4.69) is 10.3 Å². The van der Waals surface area contributed by atoms with Crippen molar-refractivity contribution in [2.24, 2.45) is 5.73 Å². The zero-order chi connectivity index (χ0) is 13.7. The Bertz CT molecular complexity index is 427. The number of esters is 1. The summed E-state index contributed by atoms with van der Waals surface area (Å²) in [7, 11) is 1.33. The van der Waals surface area contributed by atoms with Gasteiger partial charge in [-0.25, -0.2) is 9.48 Å². The van der Waals surface area contributed by atoms with Crippen molar-refractivity contribution in [1.82, 2.24) is 15.0 Å². The SMILES string of the molecule is COC(=O)c1nnn(CCC2CCCO2)c1CCN. The molecule has 0 saturated carbocycles. The molecular weight excluding hydrogens is 248 g/mol. The predicted octanol–water partition coefficient (Wildman–Crippen LogP) is 0.135. The van der Waals surface area contributed by atoms with Crippen LogP contribution in [0.3, 0.4) is 0 Å². The van der Waals surface area contributed by atoms with Crippen LogP contribution in [0.5, 0.6) is 0 Å². The highest BCUT2D eigenvalue weighted by atomic mass is 16.5. The average molecular weight is 268 g/mol. The highest BCUT2D eigenvalue weighted by molar-refractivity contribution is 5.88. The van der Waals surface area contributed by atoms with E-state index < -0.39 is 5.97 Å². The Balaban J connectivity index is 2.05. The van der Waals surface area contributed by atoms with Gasteiger partial charge in [0.05, 0.1) is 18.9 Å². The van der Waals surface area contributed by atoms with Crippen LogP contribution in [0.15, 0.2) is 0 Å². The summed E-state index contributed by atoms with van der Waals surface area (Å²) < 4.78 is 12.0. The number of carbonyl (C=O) groups excluding carboxylic acids is 1. The van der Waals surface area contributed by atoms with Crippen molar-refractivity contribution in [1.29, 1.82) is 0 Å². The minimum Gasteiger partial charge on any atom is -0.464 e. The Labute approximate surface area is 112 Å². The van der Waals surface area contributed by atoms with Crippen LogP contribution in [0, 0.1) is 0 Å². The van der Waals surface area contributed by atoms with Crippen molar-refractivity contribution in [3.05, 3.63) is 11.4 Å². The number of aromatic nitrogens is 3. The van der Waals surface area contributed by atoms with Gasteiger partial charge in [-0.05, 0) is 25.8 Å². The van der Waals surface area contributed by atoms with E-state index in [4.69, 9.17) is 15.2 Å². The molecular formula is C12H20N4O3. The van der Waals surface area contributed by atoms with Crippen molar-refractivity contribution in [3.63, 3.8) is 0 Å². The first kappa shape index (κ1) is 14.0. The zero-order valence-corrected chi connectivity index (χ0v) is 11.2. The Hall–Kier alpha value is -1.47. The second kappa shape index (κ2) is 6.63. The van der Waals surface area contributed by atoms with Crippen LogP contribution in [-0.4, -0.2) is 47.3 Å². The summed E-state index contributed by atoms with van der Waals surface area (Å²) in [6.45, 7) is 1.96. The second-order valence-corrected chi connectivity index (χ2v) is 4.56. The zero-order valence-electron chi connectivity index (χ0n) is 11.2. The van der Waals surface area contributed by atoms with Gasteiger partial charge in [0, 0.05) is 19.6 Å². The van der Waals surface area contributed by atoms with Crippen molar-refractivity contribution in [2.75, 3.05) is 20.3 Å². The summed E-state index contributed by atoms with van der Waals surface area (Å²) in [5.41, 5.74) is 6.58. The van der Waals surface area contributed by atoms with Crippen LogP contribution in [0.2, 0.25) is 0 Å². The van der Waals surface area contributed by atoms with Crippen molar-refractivity contribution in [3.8, 4) is 0 Å². The minimum atomic E-state index is -0.466. The molecule has 19 heavy (non-hydrogen) atoms. The maximum atomic E-state index is 11.6. The molecule has 1 atom stereocenters. The van der Waals surface area contributed by atoms with E-state index in [0.29, 0.717) is 19.5 Å². The first-order valence-corrected chi connectivity index (χ1v) is 6.58. The highest BCUT2D eigenvalue weighted by Gasteiger charge is 2.21. The summed E-state index contributed by atoms with van der Waals surface area (Å²) in [5, 5.41) is 7.91. The maximum Gasteiger partial charge on any atom is 0.360 e.